The predicted octanol–water partition coefficient (Wildman–Crippen LogP) is 0.991. The van der Waals surface area contributed by atoms with Crippen LogP contribution in [0, 0.1) is 16.7 Å². The molecule has 12 heteroatoms. The number of cyclic esters (lactones) is 1. The summed E-state index contributed by atoms with van der Waals surface area (Å²) in [5, 5.41) is 36.3. The molecule has 6 rings (SSSR count). The molecule has 4 fully saturated rings. The molecule has 2 heterocycles. The van der Waals surface area contributed by atoms with Crippen LogP contribution < -0.4 is 0 Å². The first-order valence-electron chi connectivity index (χ1n) is 14.3. The third-order valence-corrected chi connectivity index (χ3v) is 10.7. The first kappa shape index (κ1) is 29.7. The summed E-state index contributed by atoms with van der Waals surface area (Å²) >= 11 is 0. The molecule has 43 heavy (non-hydrogen) atoms. The number of aliphatic hydroxyl groups is 3. The van der Waals surface area contributed by atoms with Gasteiger partial charge >= 0.3 is 23.9 Å². The molecule has 2 saturated carbocycles. The fourth-order valence-corrected chi connectivity index (χ4v) is 8.88. The van der Waals surface area contributed by atoms with Gasteiger partial charge in [-0.2, -0.15) is 0 Å². The molecule has 5 aliphatic rings. The summed E-state index contributed by atoms with van der Waals surface area (Å²) in [5.41, 5.74) is -9.03. The largest absolute Gasteiger partial charge is 0.465 e. The van der Waals surface area contributed by atoms with E-state index in [1.165, 1.54) is 6.92 Å². The van der Waals surface area contributed by atoms with E-state index in [9.17, 15) is 34.5 Å². The van der Waals surface area contributed by atoms with Gasteiger partial charge in [0, 0.05) is 20.3 Å². The monoisotopic (exact) mass is 600 g/mol. The molecule has 1 aromatic rings. The summed E-state index contributed by atoms with van der Waals surface area (Å²) in [6, 6.07) is 8.14. The number of ether oxygens (including phenoxy) is 5. The average Bonchev–Trinajstić information content (AvgIpc) is 3.21. The van der Waals surface area contributed by atoms with Crippen LogP contribution in [0.4, 0.5) is 0 Å². The van der Waals surface area contributed by atoms with Gasteiger partial charge in [0.2, 0.25) is 0 Å². The van der Waals surface area contributed by atoms with E-state index in [1.54, 1.807) is 51.1 Å². The maximum absolute atomic E-state index is 14.2. The van der Waals surface area contributed by atoms with Gasteiger partial charge in [-0.15, -0.1) is 0 Å². The van der Waals surface area contributed by atoms with Crippen molar-refractivity contribution < 1.29 is 58.2 Å². The zero-order valence-electron chi connectivity index (χ0n) is 24.6. The molecule has 3 N–H and O–H groups in total. The summed E-state index contributed by atoms with van der Waals surface area (Å²) < 4.78 is 29.7. The maximum atomic E-state index is 14.2. The Morgan fingerprint density at radius 2 is 1.74 bits per heavy atom. The highest BCUT2D eigenvalue weighted by atomic mass is 16.6. The van der Waals surface area contributed by atoms with Crippen LogP contribution in [-0.4, -0.2) is 93.6 Å². The minimum Gasteiger partial charge on any atom is -0.465 e. The lowest BCUT2D eigenvalue weighted by Gasteiger charge is -2.74. The lowest BCUT2D eigenvalue weighted by molar-refractivity contribution is -0.388. The second-order valence-electron chi connectivity index (χ2n) is 12.9. The van der Waals surface area contributed by atoms with Gasteiger partial charge in [0.15, 0.2) is 11.2 Å². The third kappa shape index (κ3) is 3.51. The molecule has 2 aliphatic heterocycles. The zero-order chi connectivity index (χ0) is 31.3. The van der Waals surface area contributed by atoms with E-state index < -0.39 is 88.5 Å². The van der Waals surface area contributed by atoms with Gasteiger partial charge in [0.25, 0.3) is 0 Å². The number of benzene rings is 1. The number of hydrogen-bond acceptors (Lipinski definition) is 12. The van der Waals surface area contributed by atoms with E-state index in [1.807, 2.05) is 0 Å². The smallest absolute Gasteiger partial charge is 0.343 e. The standard InChI is InChI=1S/C31H36O12/c1-15-19(34)12-28-22(15)31(38,26(37)43-27(28,4)5)29(13-39-16(2)32)20(35)11-21-30(14-40-21,42-17(3)33)23(29)24(28)41-25(36)18-9-7-6-8-10-18/h6-10,19-21,23-24,34-35,38H,11-14H2,1-5H3/t19-,20-,21+,23+,24-,28-,29+,30-,31+/m0/s1. The van der Waals surface area contributed by atoms with Crippen LogP contribution in [0.3, 0.4) is 0 Å². The summed E-state index contributed by atoms with van der Waals surface area (Å²) in [6.07, 6.45) is -5.44. The van der Waals surface area contributed by atoms with E-state index in [0.717, 1.165) is 6.92 Å². The lowest BCUT2D eigenvalue weighted by Crippen LogP contribution is -2.89. The Kier molecular flexibility index (Phi) is 6.46. The van der Waals surface area contributed by atoms with Crippen molar-refractivity contribution in [1.29, 1.82) is 0 Å². The molecular formula is C31H36O12. The van der Waals surface area contributed by atoms with Crippen LogP contribution in [-0.2, 0) is 38.1 Å². The first-order chi connectivity index (χ1) is 20.1. The molecule has 0 spiro atoms. The maximum Gasteiger partial charge on any atom is 0.343 e. The Bertz CT molecular complexity index is 1440. The molecule has 9 atom stereocenters. The van der Waals surface area contributed by atoms with Crippen molar-refractivity contribution in [2.24, 2.45) is 16.7 Å². The molecule has 1 aromatic carbocycles. The summed E-state index contributed by atoms with van der Waals surface area (Å²) in [5.74, 6) is -4.74. The lowest BCUT2D eigenvalue weighted by atomic mass is 9.37. The van der Waals surface area contributed by atoms with Gasteiger partial charge in [-0.1, -0.05) is 18.2 Å². The Morgan fingerprint density at radius 1 is 1.07 bits per heavy atom. The highest BCUT2D eigenvalue weighted by molar-refractivity contribution is 5.92. The number of aliphatic hydroxyl groups excluding tert-OH is 2. The number of rotatable bonds is 5. The fraction of sp³-hybridized carbons (Fsp3) is 0.613. The second kappa shape index (κ2) is 9.34. The van der Waals surface area contributed by atoms with Gasteiger partial charge in [-0.25, -0.2) is 9.59 Å². The van der Waals surface area contributed by atoms with Crippen molar-refractivity contribution in [3.63, 3.8) is 0 Å². The highest BCUT2D eigenvalue weighted by Gasteiger charge is 2.89. The number of hydrogen-bond donors (Lipinski definition) is 3. The van der Waals surface area contributed by atoms with Crippen LogP contribution in [0.15, 0.2) is 41.5 Å². The molecule has 2 saturated heterocycles. The summed E-state index contributed by atoms with van der Waals surface area (Å²) in [4.78, 5) is 53.0. The SMILES string of the molecule is CC(=O)OC[C@@]12[C@@H](O)C[C@H]3OC[C@@]3(OC(C)=O)[C@@H]1[C@H](OC(=O)c1ccccc1)[C@]13C[C@H](O)C(C)=C1[C@@]2(O)C(=O)OC3(C)C. The quantitative estimate of drug-likeness (QED) is 0.249. The van der Waals surface area contributed by atoms with Gasteiger partial charge in [0.05, 0.1) is 41.1 Å². The van der Waals surface area contributed by atoms with E-state index in [2.05, 4.69) is 0 Å². The number of esters is 4. The highest BCUT2D eigenvalue weighted by Crippen LogP contribution is 2.75. The molecule has 0 aromatic heterocycles. The van der Waals surface area contributed by atoms with Crippen LogP contribution in [0.25, 0.3) is 0 Å². The van der Waals surface area contributed by atoms with Crippen molar-refractivity contribution in [2.75, 3.05) is 13.2 Å². The Balaban J connectivity index is 1.71. The predicted molar refractivity (Wildman–Crippen MR) is 144 cm³/mol. The minimum absolute atomic E-state index is 0.0405. The van der Waals surface area contributed by atoms with E-state index in [0.29, 0.717) is 0 Å². The minimum atomic E-state index is -2.69. The van der Waals surface area contributed by atoms with Crippen LogP contribution in [0.5, 0.6) is 0 Å². The van der Waals surface area contributed by atoms with Crippen LogP contribution in [0.1, 0.15) is 57.8 Å². The van der Waals surface area contributed by atoms with Crippen molar-refractivity contribution >= 4 is 23.9 Å². The van der Waals surface area contributed by atoms with Crippen molar-refractivity contribution in [1.82, 2.24) is 0 Å². The number of carbonyl (C=O) groups is 4. The Morgan fingerprint density at radius 3 is 2.33 bits per heavy atom. The summed E-state index contributed by atoms with van der Waals surface area (Å²) in [6.45, 7) is 6.15. The van der Waals surface area contributed by atoms with E-state index in [-0.39, 0.29) is 36.2 Å². The average molecular weight is 601 g/mol. The second-order valence-corrected chi connectivity index (χ2v) is 12.9. The zero-order valence-corrected chi connectivity index (χ0v) is 24.6. The van der Waals surface area contributed by atoms with Crippen molar-refractivity contribution in [3.8, 4) is 0 Å². The molecule has 232 valence electrons. The van der Waals surface area contributed by atoms with E-state index in [4.69, 9.17) is 23.7 Å². The topological polar surface area (TPSA) is 175 Å². The Labute approximate surface area is 247 Å². The first-order valence-corrected chi connectivity index (χ1v) is 14.3. The molecule has 12 nitrogen and oxygen atoms in total. The third-order valence-electron chi connectivity index (χ3n) is 10.7. The number of fused-ring (bicyclic) bond motifs is 4. The Hall–Kier alpha value is -3.32. The summed E-state index contributed by atoms with van der Waals surface area (Å²) in [7, 11) is 0. The van der Waals surface area contributed by atoms with Gasteiger partial charge in [0.1, 0.15) is 24.4 Å². The molecule has 0 unspecified atom stereocenters. The van der Waals surface area contributed by atoms with Gasteiger partial charge in [-0.05, 0) is 50.5 Å². The molecule has 2 bridgehead atoms. The molecule has 0 amide bonds. The van der Waals surface area contributed by atoms with Gasteiger partial charge < -0.3 is 39.0 Å². The normalized spacial score (nSPS) is 42.0. The van der Waals surface area contributed by atoms with E-state index >= 15 is 0 Å². The number of carbonyl (C=O) groups excluding carboxylic acids is 4. The van der Waals surface area contributed by atoms with Crippen LogP contribution >= 0.6 is 0 Å². The molecule has 3 aliphatic carbocycles. The van der Waals surface area contributed by atoms with Crippen LogP contribution in [0.2, 0.25) is 0 Å². The molecule has 0 radical (unpaired) electrons. The molecular weight excluding hydrogens is 564 g/mol. The van der Waals surface area contributed by atoms with Gasteiger partial charge in [-0.3, -0.25) is 9.59 Å². The van der Waals surface area contributed by atoms with Crippen molar-refractivity contribution in [2.45, 2.75) is 88.7 Å². The fourth-order valence-electron chi connectivity index (χ4n) is 8.88. The van der Waals surface area contributed by atoms with Crippen molar-refractivity contribution in [3.05, 3.63) is 47.0 Å².